The number of carbonyl (C=O) groups is 2. The van der Waals surface area contributed by atoms with Gasteiger partial charge in [0, 0.05) is 12.1 Å². The maximum absolute atomic E-state index is 12.3. The van der Waals surface area contributed by atoms with Crippen LogP contribution >= 0.6 is 11.3 Å². The van der Waals surface area contributed by atoms with E-state index in [1.807, 2.05) is 25.1 Å². The lowest BCUT2D eigenvalue weighted by atomic mass is 9.90. The molecule has 0 radical (unpaired) electrons. The number of anilines is 2. The van der Waals surface area contributed by atoms with E-state index in [4.69, 9.17) is 0 Å². The summed E-state index contributed by atoms with van der Waals surface area (Å²) in [5.41, 5.74) is 1.52. The molecular formula is C13H12N4O2S. The number of amides is 2. The first-order chi connectivity index (χ1) is 9.63. The van der Waals surface area contributed by atoms with Gasteiger partial charge in [0.25, 0.3) is 0 Å². The molecule has 7 heteroatoms. The second-order valence-electron chi connectivity index (χ2n) is 4.51. The van der Waals surface area contributed by atoms with E-state index in [0.29, 0.717) is 10.8 Å². The van der Waals surface area contributed by atoms with Crippen LogP contribution in [-0.2, 0) is 9.59 Å². The van der Waals surface area contributed by atoms with Gasteiger partial charge in [-0.05, 0) is 18.6 Å². The van der Waals surface area contributed by atoms with Crippen LogP contribution < -0.4 is 10.6 Å². The minimum absolute atomic E-state index is 0.140. The second-order valence-corrected chi connectivity index (χ2v) is 5.69. The highest BCUT2D eigenvalue weighted by Gasteiger charge is 2.30. The first kappa shape index (κ1) is 12.7. The molecule has 102 valence electrons. The van der Waals surface area contributed by atoms with Gasteiger partial charge in [0.05, 0.1) is 5.92 Å². The third-order valence-corrected chi connectivity index (χ3v) is 3.83. The molecule has 2 N–H and O–H groups in total. The number of rotatable bonds is 2. The fraction of sp³-hybridized carbons (Fsp3) is 0.231. The number of fused-ring (bicyclic) bond motifs is 1. The summed E-state index contributed by atoms with van der Waals surface area (Å²) in [4.78, 5) is 24.0. The maximum atomic E-state index is 12.3. The van der Waals surface area contributed by atoms with Gasteiger partial charge in [-0.2, -0.15) is 0 Å². The number of aryl methyl sites for hydroxylation is 1. The molecule has 1 aliphatic rings. The third kappa shape index (κ3) is 2.39. The maximum Gasteiger partial charge on any atom is 0.234 e. The van der Waals surface area contributed by atoms with Crippen molar-refractivity contribution in [2.75, 3.05) is 10.6 Å². The topological polar surface area (TPSA) is 84.0 Å². The molecule has 1 unspecified atom stereocenters. The number of aromatic nitrogens is 2. The smallest absolute Gasteiger partial charge is 0.234 e. The minimum atomic E-state index is -0.496. The van der Waals surface area contributed by atoms with Crippen molar-refractivity contribution in [3.05, 3.63) is 34.8 Å². The van der Waals surface area contributed by atoms with Crippen LogP contribution in [0, 0.1) is 6.92 Å². The molecular weight excluding hydrogens is 276 g/mol. The normalized spacial score (nSPS) is 17.2. The lowest BCUT2D eigenvalue weighted by Crippen LogP contribution is -2.30. The highest BCUT2D eigenvalue weighted by Crippen LogP contribution is 2.32. The zero-order valence-corrected chi connectivity index (χ0v) is 11.5. The average molecular weight is 288 g/mol. The summed E-state index contributed by atoms with van der Waals surface area (Å²) in [5, 5.41) is 14.4. The van der Waals surface area contributed by atoms with Crippen LogP contribution in [0.2, 0.25) is 0 Å². The number of benzene rings is 1. The lowest BCUT2D eigenvalue weighted by molar-refractivity contribution is -0.123. The highest BCUT2D eigenvalue weighted by atomic mass is 32.1. The number of nitrogens with one attached hydrogen (secondary N) is 2. The van der Waals surface area contributed by atoms with Gasteiger partial charge in [-0.25, -0.2) is 0 Å². The van der Waals surface area contributed by atoms with Gasteiger partial charge >= 0.3 is 0 Å². The van der Waals surface area contributed by atoms with E-state index in [1.54, 1.807) is 6.07 Å². The Balaban J connectivity index is 1.86. The van der Waals surface area contributed by atoms with Crippen LogP contribution in [0.4, 0.5) is 10.8 Å². The molecule has 1 aromatic carbocycles. The van der Waals surface area contributed by atoms with Crippen molar-refractivity contribution in [1.82, 2.24) is 10.2 Å². The standard InChI is InChI=1S/C13H12N4O2S/c1-7-16-17-13(20-7)15-12(19)9-6-11(18)14-10-5-3-2-4-8(9)10/h2-5,9H,6H2,1H3,(H,14,18)(H,15,17,19). The average Bonchev–Trinajstić information content (AvgIpc) is 2.83. The summed E-state index contributed by atoms with van der Waals surface area (Å²) in [5.74, 6) is -0.884. The Bertz CT molecular complexity index is 683. The fourth-order valence-electron chi connectivity index (χ4n) is 2.18. The van der Waals surface area contributed by atoms with Crippen molar-refractivity contribution < 1.29 is 9.59 Å². The zero-order chi connectivity index (χ0) is 14.1. The van der Waals surface area contributed by atoms with Gasteiger partial charge in [0.15, 0.2) is 0 Å². The second kappa shape index (κ2) is 5.01. The van der Waals surface area contributed by atoms with E-state index >= 15 is 0 Å². The molecule has 6 nitrogen and oxygen atoms in total. The lowest BCUT2D eigenvalue weighted by Gasteiger charge is -2.24. The number of para-hydroxylation sites is 1. The summed E-state index contributed by atoms with van der Waals surface area (Å²) < 4.78 is 0. The largest absolute Gasteiger partial charge is 0.326 e. The van der Waals surface area contributed by atoms with Crippen molar-refractivity contribution in [2.24, 2.45) is 0 Å². The Morgan fingerprint density at radius 1 is 1.40 bits per heavy atom. The summed E-state index contributed by atoms with van der Waals surface area (Å²) in [6.45, 7) is 1.82. The molecule has 2 amide bonds. The summed E-state index contributed by atoms with van der Waals surface area (Å²) >= 11 is 1.31. The van der Waals surface area contributed by atoms with Crippen molar-refractivity contribution >= 4 is 34.0 Å². The first-order valence-corrected chi connectivity index (χ1v) is 6.95. The molecule has 0 fully saturated rings. The molecule has 1 aromatic heterocycles. The molecule has 20 heavy (non-hydrogen) atoms. The van der Waals surface area contributed by atoms with E-state index in [-0.39, 0.29) is 18.2 Å². The summed E-state index contributed by atoms with van der Waals surface area (Å²) in [6.07, 6.45) is 0.140. The Morgan fingerprint density at radius 2 is 2.20 bits per heavy atom. The molecule has 2 heterocycles. The van der Waals surface area contributed by atoms with Crippen LogP contribution in [0.15, 0.2) is 24.3 Å². The SMILES string of the molecule is Cc1nnc(NC(=O)C2CC(=O)Nc3ccccc32)s1. The van der Waals surface area contributed by atoms with Crippen molar-refractivity contribution in [3.8, 4) is 0 Å². The Morgan fingerprint density at radius 3 is 2.95 bits per heavy atom. The van der Waals surface area contributed by atoms with E-state index in [2.05, 4.69) is 20.8 Å². The molecule has 0 bridgehead atoms. The fourth-order valence-corrected chi connectivity index (χ4v) is 2.78. The van der Waals surface area contributed by atoms with Gasteiger partial charge in [-0.3, -0.25) is 14.9 Å². The highest BCUT2D eigenvalue weighted by molar-refractivity contribution is 7.15. The van der Waals surface area contributed by atoms with Gasteiger partial charge in [0.2, 0.25) is 16.9 Å². The molecule has 1 aliphatic heterocycles. The monoisotopic (exact) mass is 288 g/mol. The number of hydrogen-bond donors (Lipinski definition) is 2. The Hall–Kier alpha value is -2.28. The predicted molar refractivity (Wildman–Crippen MR) is 75.7 cm³/mol. The van der Waals surface area contributed by atoms with Crippen molar-refractivity contribution in [3.63, 3.8) is 0 Å². The van der Waals surface area contributed by atoms with Crippen molar-refractivity contribution in [2.45, 2.75) is 19.3 Å². The minimum Gasteiger partial charge on any atom is -0.326 e. The zero-order valence-electron chi connectivity index (χ0n) is 10.7. The van der Waals surface area contributed by atoms with Crippen LogP contribution in [0.1, 0.15) is 22.9 Å². The van der Waals surface area contributed by atoms with Crippen LogP contribution in [-0.4, -0.2) is 22.0 Å². The molecule has 0 aliphatic carbocycles. The van der Waals surface area contributed by atoms with Crippen LogP contribution in [0.25, 0.3) is 0 Å². The Labute approximate surface area is 119 Å². The predicted octanol–water partition coefficient (Wildman–Crippen LogP) is 1.91. The van der Waals surface area contributed by atoms with E-state index in [0.717, 1.165) is 10.6 Å². The number of nitrogens with zero attached hydrogens (tertiary/aromatic N) is 2. The van der Waals surface area contributed by atoms with Crippen LogP contribution in [0.5, 0.6) is 0 Å². The van der Waals surface area contributed by atoms with Gasteiger partial charge < -0.3 is 5.32 Å². The van der Waals surface area contributed by atoms with Crippen LogP contribution in [0.3, 0.4) is 0 Å². The first-order valence-electron chi connectivity index (χ1n) is 6.13. The quantitative estimate of drug-likeness (QED) is 0.884. The molecule has 0 saturated carbocycles. The molecule has 0 saturated heterocycles. The Kier molecular flexibility index (Phi) is 3.19. The van der Waals surface area contributed by atoms with Gasteiger partial charge in [-0.1, -0.05) is 29.5 Å². The number of carbonyl (C=O) groups excluding carboxylic acids is 2. The van der Waals surface area contributed by atoms with E-state index < -0.39 is 5.92 Å². The summed E-state index contributed by atoms with van der Waals surface area (Å²) in [6, 6.07) is 7.32. The van der Waals surface area contributed by atoms with Gasteiger partial charge in [0.1, 0.15) is 5.01 Å². The van der Waals surface area contributed by atoms with Gasteiger partial charge in [-0.15, -0.1) is 10.2 Å². The molecule has 2 aromatic rings. The molecule has 1 atom stereocenters. The summed E-state index contributed by atoms with van der Waals surface area (Å²) in [7, 11) is 0. The third-order valence-electron chi connectivity index (χ3n) is 3.07. The number of hydrogen-bond acceptors (Lipinski definition) is 5. The van der Waals surface area contributed by atoms with E-state index in [1.165, 1.54) is 11.3 Å². The molecule has 3 rings (SSSR count). The molecule has 0 spiro atoms. The van der Waals surface area contributed by atoms with E-state index in [9.17, 15) is 9.59 Å². The van der Waals surface area contributed by atoms with Crippen molar-refractivity contribution in [1.29, 1.82) is 0 Å².